The molecule has 0 spiro atoms. The highest BCUT2D eigenvalue weighted by atomic mass is 79.9. The number of hydrogen-bond acceptors (Lipinski definition) is 6. The summed E-state index contributed by atoms with van der Waals surface area (Å²) in [6.45, 7) is 3.50. The molecule has 202 valence electrons. The number of ether oxygens (including phenoxy) is 2. The number of halogens is 3. The number of hydrogen-bond donors (Lipinski definition) is 1. The van der Waals surface area contributed by atoms with Crippen molar-refractivity contribution in [1.29, 1.82) is 0 Å². The molecule has 0 saturated carbocycles. The Bertz CT molecular complexity index is 1480. The molecule has 4 rings (SSSR count). The van der Waals surface area contributed by atoms with Gasteiger partial charge in [-0.1, -0.05) is 35.9 Å². The van der Waals surface area contributed by atoms with E-state index in [0.717, 1.165) is 22.2 Å². The minimum absolute atomic E-state index is 0.0135. The quantitative estimate of drug-likeness (QED) is 0.251. The van der Waals surface area contributed by atoms with E-state index in [-0.39, 0.29) is 17.3 Å². The van der Waals surface area contributed by atoms with Crippen molar-refractivity contribution in [3.05, 3.63) is 91.5 Å². The van der Waals surface area contributed by atoms with Crippen molar-refractivity contribution in [3.63, 3.8) is 0 Å². The number of imide groups is 1. The van der Waals surface area contributed by atoms with Gasteiger partial charge in [0, 0.05) is 16.3 Å². The molecule has 0 aliphatic carbocycles. The average molecular weight is 634 g/mol. The summed E-state index contributed by atoms with van der Waals surface area (Å²) in [5.74, 6) is -0.739. The third kappa shape index (κ3) is 7.00. The van der Waals surface area contributed by atoms with Gasteiger partial charge in [0.05, 0.1) is 16.0 Å². The Hall–Kier alpha value is -3.34. The van der Waals surface area contributed by atoms with Gasteiger partial charge in [-0.05, 0) is 89.1 Å². The Labute approximate surface area is 242 Å². The van der Waals surface area contributed by atoms with Crippen LogP contribution in [0, 0.1) is 12.7 Å². The highest BCUT2D eigenvalue weighted by Crippen LogP contribution is 2.40. The first-order valence-electron chi connectivity index (χ1n) is 11.8. The van der Waals surface area contributed by atoms with Gasteiger partial charge in [-0.3, -0.25) is 19.3 Å². The molecule has 0 atom stereocenters. The van der Waals surface area contributed by atoms with Crippen molar-refractivity contribution in [2.75, 3.05) is 18.5 Å². The second-order valence-electron chi connectivity index (χ2n) is 8.42. The molecule has 7 nitrogen and oxygen atoms in total. The van der Waals surface area contributed by atoms with Crippen LogP contribution in [0.25, 0.3) is 6.08 Å². The first-order valence-corrected chi connectivity index (χ1v) is 13.8. The second-order valence-corrected chi connectivity index (χ2v) is 10.7. The molecular weight excluding hydrogens is 611 g/mol. The predicted molar refractivity (Wildman–Crippen MR) is 154 cm³/mol. The molecule has 3 amide bonds. The highest BCUT2D eigenvalue weighted by molar-refractivity contribution is 9.10. The maximum atomic E-state index is 14.0. The van der Waals surface area contributed by atoms with Crippen LogP contribution in [-0.4, -0.2) is 35.1 Å². The Morgan fingerprint density at radius 1 is 1.15 bits per heavy atom. The van der Waals surface area contributed by atoms with Crippen LogP contribution in [0.2, 0.25) is 5.02 Å². The largest absolute Gasteiger partial charge is 0.490 e. The fraction of sp³-hybridized carbons (Fsp3) is 0.179. The number of aryl methyl sites for hydroxylation is 1. The van der Waals surface area contributed by atoms with E-state index in [9.17, 15) is 18.8 Å². The van der Waals surface area contributed by atoms with Crippen LogP contribution >= 0.6 is 39.3 Å². The van der Waals surface area contributed by atoms with Gasteiger partial charge in [0.15, 0.2) is 11.5 Å². The van der Waals surface area contributed by atoms with E-state index < -0.39 is 23.6 Å². The van der Waals surface area contributed by atoms with Crippen molar-refractivity contribution in [3.8, 4) is 11.5 Å². The maximum Gasteiger partial charge on any atom is 0.294 e. The first-order chi connectivity index (χ1) is 18.7. The molecule has 11 heteroatoms. The van der Waals surface area contributed by atoms with Crippen LogP contribution < -0.4 is 14.8 Å². The van der Waals surface area contributed by atoms with Gasteiger partial charge in [0.25, 0.3) is 11.1 Å². The molecule has 0 radical (unpaired) electrons. The summed E-state index contributed by atoms with van der Waals surface area (Å²) in [5, 5.41) is 2.58. The minimum atomic E-state index is -0.586. The zero-order chi connectivity index (χ0) is 28.1. The first kappa shape index (κ1) is 28.7. The standard InChI is InChI=1S/C28H23BrClFN2O5S/c1-3-37-23-11-17(10-20(29)26(23)38-15-18-6-4-5-7-21(18)31)12-24-27(35)33(28(36)39-24)14-25(34)32-22-13-19(30)9-8-16(22)2/h4-13H,3,14-15H2,1-2H3,(H,32,34)/b24-12-. The van der Waals surface area contributed by atoms with Gasteiger partial charge < -0.3 is 14.8 Å². The van der Waals surface area contributed by atoms with Crippen LogP contribution in [0.15, 0.2) is 64.0 Å². The lowest BCUT2D eigenvalue weighted by atomic mass is 10.1. The third-order valence-corrected chi connectivity index (χ3v) is 7.34. The SMILES string of the molecule is CCOc1cc(/C=C2\SC(=O)N(CC(=O)Nc3cc(Cl)ccc3C)C2=O)cc(Br)c1OCc1ccccc1F. The number of amides is 3. The van der Waals surface area contributed by atoms with E-state index in [0.29, 0.717) is 44.4 Å². The summed E-state index contributed by atoms with van der Waals surface area (Å²) < 4.78 is 26.1. The Balaban J connectivity index is 1.50. The fourth-order valence-electron chi connectivity index (χ4n) is 3.69. The summed E-state index contributed by atoms with van der Waals surface area (Å²) in [6.07, 6.45) is 1.54. The molecule has 0 bridgehead atoms. The van der Waals surface area contributed by atoms with Gasteiger partial charge in [-0.15, -0.1) is 0 Å². The summed E-state index contributed by atoms with van der Waals surface area (Å²) in [4.78, 5) is 39.2. The van der Waals surface area contributed by atoms with Crippen LogP contribution in [0.3, 0.4) is 0 Å². The lowest BCUT2D eigenvalue weighted by Gasteiger charge is -2.15. The van der Waals surface area contributed by atoms with E-state index in [4.69, 9.17) is 21.1 Å². The highest BCUT2D eigenvalue weighted by Gasteiger charge is 2.36. The Morgan fingerprint density at radius 3 is 2.67 bits per heavy atom. The van der Waals surface area contributed by atoms with E-state index in [1.165, 1.54) is 12.1 Å². The fourth-order valence-corrected chi connectivity index (χ4v) is 5.27. The van der Waals surface area contributed by atoms with Crippen LogP contribution in [0.1, 0.15) is 23.6 Å². The molecule has 3 aromatic carbocycles. The third-order valence-electron chi connectivity index (χ3n) is 5.61. The molecule has 0 aromatic heterocycles. The number of carbonyl (C=O) groups is 3. The summed E-state index contributed by atoms with van der Waals surface area (Å²) in [6, 6.07) is 14.7. The van der Waals surface area contributed by atoms with Gasteiger partial charge in [-0.25, -0.2) is 4.39 Å². The van der Waals surface area contributed by atoms with Gasteiger partial charge >= 0.3 is 0 Å². The summed E-state index contributed by atoms with van der Waals surface area (Å²) in [7, 11) is 0. The van der Waals surface area contributed by atoms with E-state index in [1.807, 2.05) is 6.92 Å². The summed E-state index contributed by atoms with van der Waals surface area (Å²) >= 11 is 10.2. The normalized spacial score (nSPS) is 14.2. The smallest absolute Gasteiger partial charge is 0.294 e. The van der Waals surface area contributed by atoms with Crippen molar-refractivity contribution < 1.29 is 28.2 Å². The molecule has 1 saturated heterocycles. The van der Waals surface area contributed by atoms with Gasteiger partial charge in [0.2, 0.25) is 5.91 Å². The van der Waals surface area contributed by atoms with E-state index in [2.05, 4.69) is 21.2 Å². The van der Waals surface area contributed by atoms with E-state index in [1.54, 1.807) is 55.5 Å². The lowest BCUT2D eigenvalue weighted by molar-refractivity contribution is -0.127. The van der Waals surface area contributed by atoms with Crippen LogP contribution in [0.5, 0.6) is 11.5 Å². The predicted octanol–water partition coefficient (Wildman–Crippen LogP) is 7.20. The van der Waals surface area contributed by atoms with Crippen molar-refractivity contribution in [1.82, 2.24) is 4.90 Å². The molecule has 39 heavy (non-hydrogen) atoms. The Morgan fingerprint density at radius 2 is 1.92 bits per heavy atom. The number of anilines is 1. The zero-order valence-corrected chi connectivity index (χ0v) is 24.1. The van der Waals surface area contributed by atoms with Crippen molar-refractivity contribution >= 4 is 68.1 Å². The number of nitrogens with one attached hydrogen (secondary N) is 1. The molecule has 1 N–H and O–H groups in total. The maximum absolute atomic E-state index is 14.0. The summed E-state index contributed by atoms with van der Waals surface area (Å²) in [5.41, 5.74) is 2.24. The number of carbonyl (C=O) groups excluding carboxylic acids is 3. The monoisotopic (exact) mass is 632 g/mol. The average Bonchev–Trinajstić information content (AvgIpc) is 3.14. The Kier molecular flexibility index (Phi) is 9.32. The molecule has 1 aliphatic rings. The molecule has 1 fully saturated rings. The zero-order valence-electron chi connectivity index (χ0n) is 20.9. The molecule has 0 unspecified atom stereocenters. The number of nitrogens with zero attached hydrogens (tertiary/aromatic N) is 1. The molecule has 3 aromatic rings. The van der Waals surface area contributed by atoms with Crippen LogP contribution in [0.4, 0.5) is 14.9 Å². The second kappa shape index (κ2) is 12.7. The minimum Gasteiger partial charge on any atom is -0.490 e. The number of benzene rings is 3. The molecule has 1 aliphatic heterocycles. The van der Waals surface area contributed by atoms with Crippen LogP contribution in [-0.2, 0) is 16.2 Å². The van der Waals surface area contributed by atoms with E-state index >= 15 is 0 Å². The van der Waals surface area contributed by atoms with Gasteiger partial charge in [0.1, 0.15) is 19.0 Å². The van der Waals surface area contributed by atoms with Crippen molar-refractivity contribution in [2.45, 2.75) is 20.5 Å². The van der Waals surface area contributed by atoms with Gasteiger partial charge in [-0.2, -0.15) is 0 Å². The molecular formula is C28H23BrClFN2O5S. The topological polar surface area (TPSA) is 84.9 Å². The molecule has 1 heterocycles. The number of rotatable bonds is 9. The number of thioether (sulfide) groups is 1. The van der Waals surface area contributed by atoms with Crippen molar-refractivity contribution in [2.24, 2.45) is 0 Å². The lowest BCUT2D eigenvalue weighted by Crippen LogP contribution is -2.36.